The van der Waals surface area contributed by atoms with Gasteiger partial charge in [0.25, 0.3) is 0 Å². The molecular weight excluding hydrogens is 174 g/mol. The third-order valence-electron chi connectivity index (χ3n) is 2.02. The number of fused-ring (bicyclic) bond motifs is 1. The van der Waals surface area contributed by atoms with Gasteiger partial charge in [-0.25, -0.2) is 0 Å². The van der Waals surface area contributed by atoms with Crippen molar-refractivity contribution in [2.45, 2.75) is 6.42 Å². The number of hydrazone groups is 1. The molecule has 0 atom stereocenters. The van der Waals surface area contributed by atoms with Crippen LogP contribution in [0.1, 0.15) is 11.1 Å². The van der Waals surface area contributed by atoms with Crippen LogP contribution in [-0.4, -0.2) is 6.21 Å². The van der Waals surface area contributed by atoms with Crippen molar-refractivity contribution < 1.29 is 0 Å². The molecule has 3 heteroatoms. The number of benzene rings is 1. The molecule has 1 heterocycles. The number of allylic oxidation sites excluding steroid dienone is 1. The minimum absolute atomic E-state index is 0.446. The first-order valence-electron chi connectivity index (χ1n) is 4.36. The van der Waals surface area contributed by atoms with Gasteiger partial charge in [0.15, 0.2) is 0 Å². The molecule has 3 nitrogen and oxygen atoms in total. The minimum Gasteiger partial charge on any atom is -0.278 e. The van der Waals surface area contributed by atoms with Crippen LogP contribution in [0.3, 0.4) is 0 Å². The van der Waals surface area contributed by atoms with E-state index < -0.39 is 0 Å². The number of hydrogen-bond donors (Lipinski definition) is 1. The highest BCUT2D eigenvalue weighted by Crippen LogP contribution is 2.20. The highest BCUT2D eigenvalue weighted by Gasteiger charge is 2.01. The van der Waals surface area contributed by atoms with E-state index in [0.717, 1.165) is 16.8 Å². The van der Waals surface area contributed by atoms with Crippen LogP contribution >= 0.6 is 0 Å². The highest BCUT2D eigenvalue weighted by molar-refractivity contribution is 5.84. The molecule has 2 rings (SSSR count). The molecule has 1 aromatic carbocycles. The normalized spacial score (nSPS) is 12.5. The first-order valence-corrected chi connectivity index (χ1v) is 4.36. The average Bonchev–Trinajstić information content (AvgIpc) is 2.42. The lowest BCUT2D eigenvalue weighted by atomic mass is 10.1. The second-order valence-corrected chi connectivity index (χ2v) is 3.01. The van der Waals surface area contributed by atoms with E-state index in [9.17, 15) is 0 Å². The molecule has 0 unspecified atom stereocenters. The van der Waals surface area contributed by atoms with Crippen LogP contribution in [0.2, 0.25) is 0 Å². The Morgan fingerprint density at radius 1 is 1.43 bits per heavy atom. The Bertz CT molecular complexity index is 438. The summed E-state index contributed by atoms with van der Waals surface area (Å²) in [6.45, 7) is 0. The lowest BCUT2D eigenvalue weighted by Crippen LogP contribution is -1.91. The molecule has 0 saturated carbocycles. The van der Waals surface area contributed by atoms with E-state index >= 15 is 0 Å². The molecule has 68 valence electrons. The van der Waals surface area contributed by atoms with Crippen molar-refractivity contribution >= 4 is 18.0 Å². The average molecular weight is 183 g/mol. The van der Waals surface area contributed by atoms with Crippen molar-refractivity contribution in [1.29, 1.82) is 5.26 Å². The van der Waals surface area contributed by atoms with Crippen LogP contribution in [0.5, 0.6) is 0 Å². The van der Waals surface area contributed by atoms with Gasteiger partial charge in [0, 0.05) is 6.21 Å². The van der Waals surface area contributed by atoms with Crippen LogP contribution in [0, 0.1) is 11.3 Å². The van der Waals surface area contributed by atoms with Crippen LogP contribution < -0.4 is 5.43 Å². The minimum atomic E-state index is 0.446. The quantitative estimate of drug-likeness (QED) is 0.725. The van der Waals surface area contributed by atoms with Crippen LogP contribution in [-0.2, 0) is 6.42 Å². The van der Waals surface area contributed by atoms with Crippen molar-refractivity contribution in [3.05, 3.63) is 35.4 Å². The Labute approximate surface area is 82.4 Å². The summed E-state index contributed by atoms with van der Waals surface area (Å²) < 4.78 is 0. The van der Waals surface area contributed by atoms with Crippen molar-refractivity contribution in [1.82, 2.24) is 0 Å². The molecule has 0 aromatic heterocycles. The van der Waals surface area contributed by atoms with Gasteiger partial charge in [0.1, 0.15) is 0 Å². The lowest BCUT2D eigenvalue weighted by molar-refractivity contribution is 1.25. The summed E-state index contributed by atoms with van der Waals surface area (Å²) in [5, 5.41) is 12.5. The third-order valence-corrected chi connectivity index (χ3v) is 2.02. The maximum Gasteiger partial charge on any atom is 0.0669 e. The highest BCUT2D eigenvalue weighted by atomic mass is 15.3. The predicted octanol–water partition coefficient (Wildman–Crippen LogP) is 2.18. The lowest BCUT2D eigenvalue weighted by Gasteiger charge is -2.04. The molecule has 0 aliphatic carbocycles. The van der Waals surface area contributed by atoms with Crippen molar-refractivity contribution in [2.75, 3.05) is 5.43 Å². The van der Waals surface area contributed by atoms with E-state index in [-0.39, 0.29) is 0 Å². The number of anilines is 1. The SMILES string of the molecule is N#CCc1ccc2c(c1)C=CC=NN2. The number of nitriles is 1. The number of nitrogens with one attached hydrogen (secondary N) is 1. The Kier molecular flexibility index (Phi) is 2.28. The van der Waals surface area contributed by atoms with E-state index in [1.807, 2.05) is 30.4 Å². The molecule has 0 radical (unpaired) electrons. The largest absolute Gasteiger partial charge is 0.278 e. The van der Waals surface area contributed by atoms with Gasteiger partial charge >= 0.3 is 0 Å². The standard InChI is InChI=1S/C11H9N3/c12-6-5-9-3-4-11-10(8-9)2-1-7-13-14-11/h1-4,7-8,14H,5H2. The summed E-state index contributed by atoms with van der Waals surface area (Å²) in [6.07, 6.45) is 5.99. The molecule has 0 amide bonds. The maximum atomic E-state index is 8.57. The summed E-state index contributed by atoms with van der Waals surface area (Å²) in [5.74, 6) is 0. The van der Waals surface area contributed by atoms with Crippen LogP contribution in [0.15, 0.2) is 29.4 Å². The molecular formula is C11H9N3. The summed E-state index contributed by atoms with van der Waals surface area (Å²) >= 11 is 0. The Hall–Kier alpha value is -2.08. The van der Waals surface area contributed by atoms with E-state index in [0.29, 0.717) is 6.42 Å². The first-order chi connectivity index (χ1) is 6.90. The molecule has 0 spiro atoms. The molecule has 1 aromatic rings. The Morgan fingerprint density at radius 3 is 3.21 bits per heavy atom. The second kappa shape index (κ2) is 3.75. The molecule has 1 N–H and O–H groups in total. The summed E-state index contributed by atoms with van der Waals surface area (Å²) in [6, 6.07) is 8.00. The fraction of sp³-hybridized carbons (Fsp3) is 0.0909. The monoisotopic (exact) mass is 183 g/mol. The van der Waals surface area contributed by atoms with E-state index in [1.165, 1.54) is 0 Å². The number of hydrogen-bond acceptors (Lipinski definition) is 3. The zero-order chi connectivity index (χ0) is 9.80. The van der Waals surface area contributed by atoms with Crippen molar-refractivity contribution in [2.24, 2.45) is 5.10 Å². The van der Waals surface area contributed by atoms with Crippen LogP contribution in [0.4, 0.5) is 5.69 Å². The Balaban J connectivity index is 2.40. The fourth-order valence-corrected chi connectivity index (χ4v) is 1.35. The Morgan fingerprint density at radius 2 is 2.36 bits per heavy atom. The predicted molar refractivity (Wildman–Crippen MR) is 56.9 cm³/mol. The van der Waals surface area contributed by atoms with E-state index in [1.54, 1.807) is 6.21 Å². The van der Waals surface area contributed by atoms with Gasteiger partial charge in [0.05, 0.1) is 18.2 Å². The van der Waals surface area contributed by atoms with Gasteiger partial charge in [-0.2, -0.15) is 10.4 Å². The zero-order valence-electron chi connectivity index (χ0n) is 7.57. The van der Waals surface area contributed by atoms with Gasteiger partial charge in [-0.1, -0.05) is 12.1 Å². The maximum absolute atomic E-state index is 8.57. The molecule has 14 heavy (non-hydrogen) atoms. The number of nitrogens with zero attached hydrogens (tertiary/aromatic N) is 2. The van der Waals surface area contributed by atoms with Crippen molar-refractivity contribution in [3.8, 4) is 6.07 Å². The van der Waals surface area contributed by atoms with Gasteiger partial charge in [-0.3, -0.25) is 5.43 Å². The zero-order valence-corrected chi connectivity index (χ0v) is 7.57. The third kappa shape index (κ3) is 1.64. The van der Waals surface area contributed by atoms with E-state index in [2.05, 4.69) is 16.6 Å². The summed E-state index contributed by atoms with van der Waals surface area (Å²) in [4.78, 5) is 0. The van der Waals surface area contributed by atoms with Gasteiger partial charge < -0.3 is 0 Å². The molecule has 0 fully saturated rings. The molecule has 1 aliphatic rings. The smallest absolute Gasteiger partial charge is 0.0669 e. The summed E-state index contributed by atoms with van der Waals surface area (Å²) in [7, 11) is 0. The fourth-order valence-electron chi connectivity index (χ4n) is 1.35. The van der Waals surface area contributed by atoms with Gasteiger partial charge in [-0.05, 0) is 29.3 Å². The molecule has 0 saturated heterocycles. The number of rotatable bonds is 1. The van der Waals surface area contributed by atoms with E-state index in [4.69, 9.17) is 5.26 Å². The van der Waals surface area contributed by atoms with Gasteiger partial charge in [0.2, 0.25) is 0 Å². The molecule has 0 bridgehead atoms. The second-order valence-electron chi connectivity index (χ2n) is 3.01. The summed E-state index contributed by atoms with van der Waals surface area (Å²) in [5.41, 5.74) is 5.98. The first kappa shape index (κ1) is 8.52. The topological polar surface area (TPSA) is 48.2 Å². The van der Waals surface area contributed by atoms with Crippen LogP contribution in [0.25, 0.3) is 6.08 Å². The molecule has 1 aliphatic heterocycles. The van der Waals surface area contributed by atoms with Crippen molar-refractivity contribution in [3.63, 3.8) is 0 Å². The van der Waals surface area contributed by atoms with Gasteiger partial charge in [-0.15, -0.1) is 0 Å².